The minimum Gasteiger partial charge on any atom is -0.496 e. The van der Waals surface area contributed by atoms with E-state index in [9.17, 15) is 13.2 Å². The van der Waals surface area contributed by atoms with Crippen LogP contribution in [0, 0.1) is 0 Å². The summed E-state index contributed by atoms with van der Waals surface area (Å²) in [5, 5.41) is 0.705. The lowest BCUT2D eigenvalue weighted by molar-refractivity contribution is -0.135. The van der Waals surface area contributed by atoms with Crippen molar-refractivity contribution in [2.75, 3.05) is 7.11 Å². The molecule has 0 bridgehead atoms. The first-order valence-corrected chi connectivity index (χ1v) is 7.22. The first kappa shape index (κ1) is 16.5. The third-order valence-electron chi connectivity index (χ3n) is 3.39. The SMILES string of the molecule is COc1cccc2nc(C(C)C)nc(CCCC(F)(F)F)c12. The number of nitrogens with zero attached hydrogens (tertiary/aromatic N) is 2. The number of aryl methyl sites for hydroxylation is 1. The lowest BCUT2D eigenvalue weighted by Crippen LogP contribution is -2.09. The summed E-state index contributed by atoms with van der Waals surface area (Å²) in [7, 11) is 1.53. The fourth-order valence-corrected chi connectivity index (χ4v) is 2.31. The molecule has 0 amide bonds. The molecule has 120 valence electrons. The Morgan fingerprint density at radius 3 is 2.50 bits per heavy atom. The van der Waals surface area contributed by atoms with E-state index in [0.29, 0.717) is 28.2 Å². The van der Waals surface area contributed by atoms with Crippen LogP contribution in [-0.2, 0) is 6.42 Å². The molecule has 0 saturated carbocycles. The monoisotopic (exact) mass is 312 g/mol. The van der Waals surface area contributed by atoms with E-state index in [1.807, 2.05) is 26.0 Å². The van der Waals surface area contributed by atoms with E-state index < -0.39 is 12.6 Å². The van der Waals surface area contributed by atoms with E-state index in [0.717, 1.165) is 0 Å². The summed E-state index contributed by atoms with van der Waals surface area (Å²) in [6.45, 7) is 3.92. The zero-order valence-corrected chi connectivity index (χ0v) is 12.9. The molecule has 0 fully saturated rings. The van der Waals surface area contributed by atoms with Crippen molar-refractivity contribution in [3.8, 4) is 5.75 Å². The molecule has 1 heterocycles. The Hall–Kier alpha value is -1.85. The van der Waals surface area contributed by atoms with Gasteiger partial charge < -0.3 is 4.74 Å². The number of methoxy groups -OCH3 is 1. The van der Waals surface area contributed by atoms with Gasteiger partial charge in [0.2, 0.25) is 0 Å². The van der Waals surface area contributed by atoms with Crippen molar-refractivity contribution in [1.82, 2.24) is 9.97 Å². The fraction of sp³-hybridized carbons (Fsp3) is 0.500. The maximum absolute atomic E-state index is 12.4. The van der Waals surface area contributed by atoms with Crippen LogP contribution in [0.15, 0.2) is 18.2 Å². The number of alkyl halides is 3. The van der Waals surface area contributed by atoms with Gasteiger partial charge in [0.25, 0.3) is 0 Å². The summed E-state index contributed by atoms with van der Waals surface area (Å²) in [6.07, 6.45) is -4.71. The van der Waals surface area contributed by atoms with Crippen LogP contribution in [0.2, 0.25) is 0 Å². The molecule has 3 nitrogen and oxygen atoms in total. The lowest BCUT2D eigenvalue weighted by atomic mass is 10.1. The molecule has 0 spiro atoms. The van der Waals surface area contributed by atoms with Crippen LogP contribution in [0.5, 0.6) is 5.75 Å². The van der Waals surface area contributed by atoms with Crippen molar-refractivity contribution in [3.63, 3.8) is 0 Å². The third-order valence-corrected chi connectivity index (χ3v) is 3.39. The second kappa shape index (κ2) is 6.50. The van der Waals surface area contributed by atoms with Gasteiger partial charge in [0.1, 0.15) is 11.6 Å². The average molecular weight is 312 g/mol. The predicted octanol–water partition coefficient (Wildman–Crippen LogP) is 4.65. The van der Waals surface area contributed by atoms with Crippen molar-refractivity contribution in [3.05, 3.63) is 29.7 Å². The number of hydrogen-bond donors (Lipinski definition) is 0. The highest BCUT2D eigenvalue weighted by molar-refractivity contribution is 5.87. The minimum atomic E-state index is -4.15. The standard InChI is InChI=1S/C16H19F3N2O/c1-10(2)15-20-11-6-4-8-13(22-3)14(11)12(21-15)7-5-9-16(17,18)19/h4,6,8,10H,5,7,9H2,1-3H3. The van der Waals surface area contributed by atoms with E-state index in [2.05, 4.69) is 9.97 Å². The molecule has 1 aromatic heterocycles. The van der Waals surface area contributed by atoms with Crippen molar-refractivity contribution in [2.24, 2.45) is 0 Å². The molecular formula is C16H19F3N2O. The topological polar surface area (TPSA) is 35.0 Å². The van der Waals surface area contributed by atoms with Crippen LogP contribution in [0.1, 0.15) is 44.1 Å². The van der Waals surface area contributed by atoms with Crippen LogP contribution in [0.4, 0.5) is 13.2 Å². The van der Waals surface area contributed by atoms with E-state index in [1.165, 1.54) is 7.11 Å². The second-order valence-electron chi connectivity index (χ2n) is 5.51. The molecule has 0 aliphatic rings. The number of halogens is 3. The van der Waals surface area contributed by atoms with E-state index in [4.69, 9.17) is 4.74 Å². The minimum absolute atomic E-state index is 0.00516. The molecule has 2 rings (SSSR count). The van der Waals surface area contributed by atoms with Crippen LogP contribution in [0.25, 0.3) is 10.9 Å². The highest BCUT2D eigenvalue weighted by Crippen LogP contribution is 2.30. The Labute approximate surface area is 127 Å². The second-order valence-corrected chi connectivity index (χ2v) is 5.51. The van der Waals surface area contributed by atoms with Crippen LogP contribution in [-0.4, -0.2) is 23.3 Å². The van der Waals surface area contributed by atoms with Gasteiger partial charge in [-0.1, -0.05) is 19.9 Å². The first-order valence-electron chi connectivity index (χ1n) is 7.22. The van der Waals surface area contributed by atoms with E-state index in [-0.39, 0.29) is 18.8 Å². The molecule has 0 aliphatic heterocycles. The molecule has 0 radical (unpaired) electrons. The van der Waals surface area contributed by atoms with Crippen LogP contribution < -0.4 is 4.74 Å². The summed E-state index contributed by atoms with van der Waals surface area (Å²) < 4.78 is 42.4. The molecular weight excluding hydrogens is 293 g/mol. The van der Waals surface area contributed by atoms with Crippen molar-refractivity contribution >= 4 is 10.9 Å². The molecule has 1 aromatic carbocycles. The molecule has 0 N–H and O–H groups in total. The highest BCUT2D eigenvalue weighted by Gasteiger charge is 2.26. The normalized spacial score (nSPS) is 12.1. The Bertz CT molecular complexity index is 654. The predicted molar refractivity (Wildman–Crippen MR) is 79.2 cm³/mol. The number of rotatable bonds is 5. The van der Waals surface area contributed by atoms with Gasteiger partial charge >= 0.3 is 6.18 Å². The lowest BCUT2D eigenvalue weighted by Gasteiger charge is -2.13. The van der Waals surface area contributed by atoms with Crippen molar-refractivity contribution < 1.29 is 17.9 Å². The van der Waals surface area contributed by atoms with Gasteiger partial charge in [0.05, 0.1) is 23.7 Å². The molecule has 0 atom stereocenters. The molecule has 0 unspecified atom stereocenters. The van der Waals surface area contributed by atoms with Gasteiger partial charge in [-0.3, -0.25) is 0 Å². The molecule has 22 heavy (non-hydrogen) atoms. The number of aromatic nitrogens is 2. The number of ether oxygens (including phenoxy) is 1. The molecule has 0 aliphatic carbocycles. The number of fused-ring (bicyclic) bond motifs is 1. The van der Waals surface area contributed by atoms with Gasteiger partial charge in [-0.25, -0.2) is 9.97 Å². The maximum atomic E-state index is 12.4. The fourth-order valence-electron chi connectivity index (χ4n) is 2.31. The van der Waals surface area contributed by atoms with Gasteiger partial charge in [-0.15, -0.1) is 0 Å². The Morgan fingerprint density at radius 1 is 1.18 bits per heavy atom. The van der Waals surface area contributed by atoms with Crippen LogP contribution >= 0.6 is 0 Å². The quantitative estimate of drug-likeness (QED) is 0.806. The van der Waals surface area contributed by atoms with Gasteiger partial charge in [-0.2, -0.15) is 13.2 Å². The Balaban J connectivity index is 2.44. The zero-order chi connectivity index (χ0) is 16.3. The summed E-state index contributed by atoms with van der Waals surface area (Å²) >= 11 is 0. The largest absolute Gasteiger partial charge is 0.496 e. The maximum Gasteiger partial charge on any atom is 0.389 e. The molecule has 2 aromatic rings. The van der Waals surface area contributed by atoms with Gasteiger partial charge in [-0.05, 0) is 25.0 Å². The number of hydrogen-bond acceptors (Lipinski definition) is 3. The Kier molecular flexibility index (Phi) is 4.88. The summed E-state index contributed by atoms with van der Waals surface area (Å²) in [4.78, 5) is 8.96. The highest BCUT2D eigenvalue weighted by atomic mass is 19.4. The van der Waals surface area contributed by atoms with Crippen molar-refractivity contribution in [1.29, 1.82) is 0 Å². The number of benzene rings is 1. The van der Waals surface area contributed by atoms with Gasteiger partial charge in [0.15, 0.2) is 0 Å². The summed E-state index contributed by atoms with van der Waals surface area (Å²) in [6, 6.07) is 5.42. The first-order chi connectivity index (χ1) is 10.3. The third kappa shape index (κ3) is 3.87. The summed E-state index contributed by atoms with van der Waals surface area (Å²) in [5.41, 5.74) is 1.33. The zero-order valence-electron chi connectivity index (χ0n) is 12.9. The van der Waals surface area contributed by atoms with E-state index >= 15 is 0 Å². The van der Waals surface area contributed by atoms with Crippen LogP contribution in [0.3, 0.4) is 0 Å². The summed E-state index contributed by atoms with van der Waals surface area (Å²) in [5.74, 6) is 1.34. The van der Waals surface area contributed by atoms with Gasteiger partial charge in [0, 0.05) is 12.3 Å². The Morgan fingerprint density at radius 2 is 1.91 bits per heavy atom. The van der Waals surface area contributed by atoms with Crippen molar-refractivity contribution in [2.45, 2.75) is 45.2 Å². The molecule has 0 saturated heterocycles. The average Bonchev–Trinajstić information content (AvgIpc) is 2.44. The molecule has 6 heteroatoms. The smallest absolute Gasteiger partial charge is 0.389 e. The van der Waals surface area contributed by atoms with E-state index in [1.54, 1.807) is 6.07 Å².